The Bertz CT molecular complexity index is 257. The Kier molecular flexibility index (Phi) is 3.90. The number of carboxylic acid groups (broad SMARTS) is 1. The van der Waals surface area contributed by atoms with Crippen LogP contribution in [-0.4, -0.2) is 26.0 Å². The van der Waals surface area contributed by atoms with E-state index in [-0.39, 0.29) is 0 Å². The monoisotopic (exact) mass is 224 g/mol. The molecular formula is C8H17O5P. The summed E-state index contributed by atoms with van der Waals surface area (Å²) in [5, 5.41) is 7.03. The largest absolute Gasteiger partial charge is 0.480 e. The van der Waals surface area contributed by atoms with Gasteiger partial charge in [0.1, 0.15) is 0 Å². The fourth-order valence-corrected chi connectivity index (χ4v) is 3.55. The summed E-state index contributed by atoms with van der Waals surface area (Å²) in [5.74, 6) is -2.68. The summed E-state index contributed by atoms with van der Waals surface area (Å²) >= 11 is 0. The summed E-state index contributed by atoms with van der Waals surface area (Å²) in [4.78, 5) is 29.4. The summed E-state index contributed by atoms with van der Waals surface area (Å²) in [6.45, 7) is 6.03. The highest BCUT2D eigenvalue weighted by Crippen LogP contribution is 2.58. The molecule has 84 valence electrons. The number of rotatable bonds is 4. The van der Waals surface area contributed by atoms with Gasteiger partial charge in [-0.1, -0.05) is 27.7 Å². The van der Waals surface area contributed by atoms with Crippen molar-refractivity contribution in [3.8, 4) is 0 Å². The van der Waals surface area contributed by atoms with Crippen molar-refractivity contribution in [2.45, 2.75) is 32.9 Å². The molecule has 0 aromatic rings. The Hall–Kier alpha value is -0.380. The van der Waals surface area contributed by atoms with E-state index in [0.29, 0.717) is 0 Å². The van der Waals surface area contributed by atoms with Gasteiger partial charge >= 0.3 is 13.6 Å². The fraction of sp³-hybridized carbons (Fsp3) is 0.875. The highest BCUT2D eigenvalue weighted by Gasteiger charge is 2.58. The number of carboxylic acids is 1. The Morgan fingerprint density at radius 1 is 1.14 bits per heavy atom. The lowest BCUT2D eigenvalue weighted by molar-refractivity contribution is -0.143. The van der Waals surface area contributed by atoms with Crippen molar-refractivity contribution < 1.29 is 24.3 Å². The minimum atomic E-state index is -4.67. The average Bonchev–Trinajstić information content (AvgIpc) is 1.79. The molecule has 0 atom stereocenters. The zero-order chi connectivity index (χ0) is 11.7. The second-order valence-corrected chi connectivity index (χ2v) is 5.81. The molecule has 0 radical (unpaired) electrons. The third-order valence-electron chi connectivity index (χ3n) is 2.59. The molecule has 0 unspecified atom stereocenters. The van der Waals surface area contributed by atoms with E-state index in [1.165, 1.54) is 27.7 Å². The van der Waals surface area contributed by atoms with Gasteiger partial charge in [-0.15, -0.1) is 0 Å². The van der Waals surface area contributed by atoms with E-state index in [2.05, 4.69) is 0 Å². The van der Waals surface area contributed by atoms with E-state index < -0.39 is 30.6 Å². The normalized spacial score (nSPS) is 13.7. The highest BCUT2D eigenvalue weighted by molar-refractivity contribution is 7.54. The molecule has 3 N–H and O–H groups in total. The van der Waals surface area contributed by atoms with Crippen molar-refractivity contribution >= 4 is 13.6 Å². The Balaban J connectivity index is 5.66. The van der Waals surface area contributed by atoms with Crippen LogP contribution in [0.5, 0.6) is 0 Å². The summed E-state index contributed by atoms with van der Waals surface area (Å²) in [6.07, 6.45) is 0. The van der Waals surface area contributed by atoms with Crippen LogP contribution in [-0.2, 0) is 9.36 Å². The highest BCUT2D eigenvalue weighted by atomic mass is 31.2. The molecule has 0 rings (SSSR count). The SMILES string of the molecule is CC(C)C(C(=O)O)(C(C)C)P(=O)(O)O. The topological polar surface area (TPSA) is 94.8 Å². The van der Waals surface area contributed by atoms with Gasteiger partial charge in [-0.2, -0.15) is 0 Å². The molecule has 0 aromatic heterocycles. The van der Waals surface area contributed by atoms with Gasteiger partial charge in [0, 0.05) is 0 Å². The predicted molar refractivity (Wildman–Crippen MR) is 52.1 cm³/mol. The predicted octanol–water partition coefficient (Wildman–Crippen LogP) is 1.30. The van der Waals surface area contributed by atoms with E-state index in [4.69, 9.17) is 14.9 Å². The van der Waals surface area contributed by atoms with E-state index in [9.17, 15) is 9.36 Å². The van der Waals surface area contributed by atoms with Gasteiger partial charge in [-0.05, 0) is 11.8 Å². The molecule has 0 heterocycles. The van der Waals surface area contributed by atoms with Crippen LogP contribution in [0.25, 0.3) is 0 Å². The smallest absolute Gasteiger partial charge is 0.343 e. The van der Waals surface area contributed by atoms with Gasteiger partial charge in [-0.3, -0.25) is 9.36 Å². The van der Waals surface area contributed by atoms with E-state index >= 15 is 0 Å². The van der Waals surface area contributed by atoms with Crippen molar-refractivity contribution in [1.29, 1.82) is 0 Å². The zero-order valence-electron chi connectivity index (χ0n) is 8.76. The summed E-state index contributed by atoms with van der Waals surface area (Å²) in [7, 11) is -4.67. The average molecular weight is 224 g/mol. The number of hydrogen-bond donors (Lipinski definition) is 3. The van der Waals surface area contributed by atoms with E-state index in [1.54, 1.807) is 0 Å². The van der Waals surface area contributed by atoms with Crippen molar-refractivity contribution in [3.63, 3.8) is 0 Å². The van der Waals surface area contributed by atoms with E-state index in [0.717, 1.165) is 0 Å². The van der Waals surface area contributed by atoms with Gasteiger partial charge in [0.15, 0.2) is 5.16 Å². The van der Waals surface area contributed by atoms with Gasteiger partial charge in [-0.25, -0.2) is 0 Å². The van der Waals surface area contributed by atoms with Crippen LogP contribution in [0.2, 0.25) is 0 Å². The molecule has 5 nitrogen and oxygen atoms in total. The van der Waals surface area contributed by atoms with Crippen LogP contribution in [0, 0.1) is 11.8 Å². The molecule has 0 spiro atoms. The summed E-state index contributed by atoms with van der Waals surface area (Å²) in [6, 6.07) is 0. The molecule has 0 aliphatic rings. The molecule has 0 aromatic carbocycles. The van der Waals surface area contributed by atoms with Gasteiger partial charge in [0.2, 0.25) is 0 Å². The second-order valence-electron chi connectivity index (χ2n) is 3.98. The van der Waals surface area contributed by atoms with Crippen LogP contribution in [0.15, 0.2) is 0 Å². The van der Waals surface area contributed by atoms with Gasteiger partial charge in [0.25, 0.3) is 0 Å². The Morgan fingerprint density at radius 3 is 1.43 bits per heavy atom. The first-order chi connectivity index (χ1) is 6.08. The first kappa shape index (κ1) is 13.6. The maximum atomic E-state index is 11.3. The molecule has 0 fully saturated rings. The lowest BCUT2D eigenvalue weighted by atomic mass is 9.84. The quantitative estimate of drug-likeness (QED) is 0.625. The van der Waals surface area contributed by atoms with Crippen LogP contribution in [0.3, 0.4) is 0 Å². The summed E-state index contributed by atoms with van der Waals surface area (Å²) in [5.41, 5.74) is 0. The molecule has 0 aliphatic heterocycles. The first-order valence-electron chi connectivity index (χ1n) is 4.37. The maximum absolute atomic E-state index is 11.3. The molecule has 6 heteroatoms. The van der Waals surface area contributed by atoms with Crippen molar-refractivity contribution in [2.75, 3.05) is 0 Å². The molecule has 14 heavy (non-hydrogen) atoms. The van der Waals surface area contributed by atoms with Crippen LogP contribution < -0.4 is 0 Å². The molecular weight excluding hydrogens is 207 g/mol. The number of aliphatic carboxylic acids is 1. The Labute approximate surface area is 83.3 Å². The van der Waals surface area contributed by atoms with Gasteiger partial charge in [0.05, 0.1) is 0 Å². The zero-order valence-corrected chi connectivity index (χ0v) is 9.65. The van der Waals surface area contributed by atoms with E-state index in [1.807, 2.05) is 0 Å². The van der Waals surface area contributed by atoms with Crippen LogP contribution in [0.4, 0.5) is 0 Å². The summed E-state index contributed by atoms with van der Waals surface area (Å²) < 4.78 is 11.3. The lowest BCUT2D eigenvalue weighted by Crippen LogP contribution is -2.48. The molecule has 0 amide bonds. The lowest BCUT2D eigenvalue weighted by Gasteiger charge is -2.37. The minimum absolute atomic E-state index is 0.624. The van der Waals surface area contributed by atoms with Crippen molar-refractivity contribution in [3.05, 3.63) is 0 Å². The number of hydrogen-bond acceptors (Lipinski definition) is 2. The Morgan fingerprint density at radius 2 is 1.43 bits per heavy atom. The van der Waals surface area contributed by atoms with Gasteiger partial charge < -0.3 is 14.9 Å². The standard InChI is InChI=1S/C8H17O5P/c1-5(2)8(6(3)4,7(9)10)14(11,12)13/h5-6H,1-4H3,(H,9,10)(H2,11,12,13). The fourth-order valence-electron chi connectivity index (χ4n) is 1.96. The molecule has 0 aliphatic carbocycles. The third-order valence-corrected chi connectivity index (χ3v) is 4.77. The maximum Gasteiger partial charge on any atom is 0.343 e. The number of carbonyl (C=O) groups is 1. The van der Waals surface area contributed by atoms with Crippen LogP contribution >= 0.6 is 7.60 Å². The molecule has 0 bridgehead atoms. The molecule has 0 saturated heterocycles. The second kappa shape index (κ2) is 4.01. The van der Waals surface area contributed by atoms with Crippen molar-refractivity contribution in [1.82, 2.24) is 0 Å². The molecule has 0 saturated carbocycles. The minimum Gasteiger partial charge on any atom is -0.480 e. The van der Waals surface area contributed by atoms with Crippen LogP contribution in [0.1, 0.15) is 27.7 Å². The first-order valence-corrected chi connectivity index (χ1v) is 5.98. The van der Waals surface area contributed by atoms with Crippen molar-refractivity contribution in [2.24, 2.45) is 11.8 Å². The third kappa shape index (κ3) is 1.85.